The van der Waals surface area contributed by atoms with Crippen LogP contribution in [-0.2, 0) is 11.2 Å². The summed E-state index contributed by atoms with van der Waals surface area (Å²) in [6.07, 6.45) is 4.58. The molecule has 3 rings (SSSR count). The van der Waals surface area contributed by atoms with Crippen LogP contribution < -0.4 is 11.1 Å². The fourth-order valence-corrected chi connectivity index (χ4v) is 2.84. The SMILES string of the molecule is Nc1c(Cl)cc(NC(=O)CCc2cnn(-c3ccccc3)c2)cc1Cl. The normalized spacial score (nSPS) is 10.6. The van der Waals surface area contributed by atoms with Gasteiger partial charge in [-0.05, 0) is 36.2 Å². The van der Waals surface area contributed by atoms with E-state index in [1.165, 1.54) is 0 Å². The molecule has 0 spiro atoms. The number of carbonyl (C=O) groups is 1. The lowest BCUT2D eigenvalue weighted by Gasteiger charge is -2.08. The third-order valence-corrected chi connectivity index (χ3v) is 4.29. The third-order valence-electron chi connectivity index (χ3n) is 3.66. The second kappa shape index (κ2) is 7.59. The average Bonchev–Trinajstić information content (AvgIpc) is 3.08. The van der Waals surface area contributed by atoms with E-state index >= 15 is 0 Å². The van der Waals surface area contributed by atoms with Crippen molar-refractivity contribution in [1.29, 1.82) is 0 Å². The highest BCUT2D eigenvalue weighted by molar-refractivity contribution is 6.39. The second-order valence-corrected chi connectivity index (χ2v) is 6.34. The van der Waals surface area contributed by atoms with Crippen molar-refractivity contribution >= 4 is 40.5 Å². The zero-order chi connectivity index (χ0) is 17.8. The van der Waals surface area contributed by atoms with E-state index in [0.29, 0.717) is 34.3 Å². The standard InChI is InChI=1S/C18H16Cl2N4O/c19-15-8-13(9-16(20)18(15)21)23-17(25)7-6-12-10-22-24(11-12)14-4-2-1-3-5-14/h1-5,8-11H,6-7,21H2,(H,23,25). The van der Waals surface area contributed by atoms with Crippen LogP contribution >= 0.6 is 23.2 Å². The van der Waals surface area contributed by atoms with Gasteiger partial charge in [0.05, 0.1) is 27.6 Å². The van der Waals surface area contributed by atoms with Gasteiger partial charge in [-0.25, -0.2) is 4.68 Å². The second-order valence-electron chi connectivity index (χ2n) is 5.53. The predicted octanol–water partition coefficient (Wildman–Crippen LogP) is 4.33. The summed E-state index contributed by atoms with van der Waals surface area (Å²) in [7, 11) is 0. The molecule has 0 radical (unpaired) electrons. The number of hydrogen-bond acceptors (Lipinski definition) is 3. The number of carbonyl (C=O) groups excluding carboxylic acids is 1. The number of amides is 1. The molecule has 7 heteroatoms. The first-order chi connectivity index (χ1) is 12.0. The first kappa shape index (κ1) is 17.3. The molecule has 1 aromatic heterocycles. The molecule has 0 fully saturated rings. The Kier molecular flexibility index (Phi) is 5.26. The van der Waals surface area contributed by atoms with E-state index in [1.807, 2.05) is 36.5 Å². The molecule has 128 valence electrons. The summed E-state index contributed by atoms with van der Waals surface area (Å²) < 4.78 is 1.78. The summed E-state index contributed by atoms with van der Waals surface area (Å²) in [4.78, 5) is 12.1. The highest BCUT2D eigenvalue weighted by Crippen LogP contribution is 2.31. The van der Waals surface area contributed by atoms with Gasteiger partial charge in [0.15, 0.2) is 0 Å². The van der Waals surface area contributed by atoms with Gasteiger partial charge < -0.3 is 11.1 Å². The minimum atomic E-state index is -0.135. The maximum Gasteiger partial charge on any atom is 0.224 e. The van der Waals surface area contributed by atoms with E-state index in [4.69, 9.17) is 28.9 Å². The van der Waals surface area contributed by atoms with Gasteiger partial charge in [0.2, 0.25) is 5.91 Å². The summed E-state index contributed by atoms with van der Waals surface area (Å²) >= 11 is 11.9. The molecule has 1 heterocycles. The lowest BCUT2D eigenvalue weighted by atomic mass is 10.2. The first-order valence-corrected chi connectivity index (χ1v) is 8.42. The van der Waals surface area contributed by atoms with Crippen molar-refractivity contribution in [1.82, 2.24) is 9.78 Å². The van der Waals surface area contributed by atoms with Gasteiger partial charge in [-0.15, -0.1) is 0 Å². The van der Waals surface area contributed by atoms with Crippen LogP contribution in [0, 0.1) is 0 Å². The van der Waals surface area contributed by atoms with Gasteiger partial charge in [0.1, 0.15) is 0 Å². The topological polar surface area (TPSA) is 72.9 Å². The van der Waals surface area contributed by atoms with Crippen molar-refractivity contribution in [2.24, 2.45) is 0 Å². The van der Waals surface area contributed by atoms with Crippen molar-refractivity contribution in [3.05, 3.63) is 70.5 Å². The number of aromatic nitrogens is 2. The van der Waals surface area contributed by atoms with E-state index in [0.717, 1.165) is 11.3 Å². The molecule has 0 aliphatic heterocycles. The Morgan fingerprint density at radius 3 is 2.52 bits per heavy atom. The van der Waals surface area contributed by atoms with Crippen LogP contribution in [0.2, 0.25) is 10.0 Å². The number of para-hydroxylation sites is 1. The molecule has 0 saturated heterocycles. The Morgan fingerprint density at radius 1 is 1.16 bits per heavy atom. The molecule has 5 nitrogen and oxygen atoms in total. The zero-order valence-electron chi connectivity index (χ0n) is 13.2. The van der Waals surface area contributed by atoms with E-state index in [1.54, 1.807) is 23.0 Å². The zero-order valence-corrected chi connectivity index (χ0v) is 14.8. The van der Waals surface area contributed by atoms with Crippen LogP contribution in [0.15, 0.2) is 54.9 Å². The Hall–Kier alpha value is -2.50. The minimum absolute atomic E-state index is 0.135. The molecule has 1 amide bonds. The molecule has 0 saturated carbocycles. The van der Waals surface area contributed by atoms with E-state index in [9.17, 15) is 4.79 Å². The number of nitrogens with two attached hydrogens (primary N) is 1. The summed E-state index contributed by atoms with van der Waals surface area (Å²) in [6, 6.07) is 13.0. The van der Waals surface area contributed by atoms with Crippen LogP contribution in [0.1, 0.15) is 12.0 Å². The lowest BCUT2D eigenvalue weighted by molar-refractivity contribution is -0.116. The van der Waals surface area contributed by atoms with Crippen molar-refractivity contribution in [2.75, 3.05) is 11.1 Å². The third kappa shape index (κ3) is 4.32. The fourth-order valence-electron chi connectivity index (χ4n) is 2.35. The van der Waals surface area contributed by atoms with Crippen LogP contribution in [0.25, 0.3) is 5.69 Å². The van der Waals surface area contributed by atoms with Gasteiger partial charge in [-0.1, -0.05) is 41.4 Å². The number of halogens is 2. The van der Waals surface area contributed by atoms with Gasteiger partial charge in [-0.2, -0.15) is 5.10 Å². The first-order valence-electron chi connectivity index (χ1n) is 7.66. The van der Waals surface area contributed by atoms with Gasteiger partial charge in [0, 0.05) is 18.3 Å². The number of hydrogen-bond donors (Lipinski definition) is 2. The van der Waals surface area contributed by atoms with Crippen LogP contribution in [0.3, 0.4) is 0 Å². The Balaban J connectivity index is 1.59. The van der Waals surface area contributed by atoms with Gasteiger partial charge in [0.25, 0.3) is 0 Å². The molecule has 3 aromatic rings. The lowest BCUT2D eigenvalue weighted by Crippen LogP contribution is -2.12. The molecule has 0 aliphatic carbocycles. The maximum absolute atomic E-state index is 12.1. The average molecular weight is 375 g/mol. The van der Waals surface area contributed by atoms with Crippen molar-refractivity contribution < 1.29 is 4.79 Å². The Morgan fingerprint density at radius 2 is 1.84 bits per heavy atom. The number of rotatable bonds is 5. The Bertz CT molecular complexity index is 870. The maximum atomic E-state index is 12.1. The van der Waals surface area contributed by atoms with E-state index < -0.39 is 0 Å². The fraction of sp³-hybridized carbons (Fsp3) is 0.111. The largest absolute Gasteiger partial charge is 0.396 e. The molecule has 2 aromatic carbocycles. The highest BCUT2D eigenvalue weighted by Gasteiger charge is 2.09. The number of nitrogens with zero attached hydrogens (tertiary/aromatic N) is 2. The number of nitrogens with one attached hydrogen (secondary N) is 1. The molecule has 0 aliphatic rings. The molecule has 0 atom stereocenters. The summed E-state index contributed by atoms with van der Waals surface area (Å²) in [5, 5.41) is 7.71. The molecular weight excluding hydrogens is 359 g/mol. The summed E-state index contributed by atoms with van der Waals surface area (Å²) in [6.45, 7) is 0. The van der Waals surface area contributed by atoms with Crippen LogP contribution in [-0.4, -0.2) is 15.7 Å². The van der Waals surface area contributed by atoms with Gasteiger partial charge >= 0.3 is 0 Å². The minimum Gasteiger partial charge on any atom is -0.396 e. The van der Waals surface area contributed by atoms with Crippen molar-refractivity contribution in [3.63, 3.8) is 0 Å². The van der Waals surface area contributed by atoms with Crippen LogP contribution in [0.5, 0.6) is 0 Å². The number of benzene rings is 2. The van der Waals surface area contributed by atoms with E-state index in [2.05, 4.69) is 10.4 Å². The molecular formula is C18H16Cl2N4O. The highest BCUT2D eigenvalue weighted by atomic mass is 35.5. The number of anilines is 2. The smallest absolute Gasteiger partial charge is 0.224 e. The summed E-state index contributed by atoms with van der Waals surface area (Å²) in [5.41, 5.74) is 8.46. The number of aryl methyl sites for hydroxylation is 1. The molecule has 25 heavy (non-hydrogen) atoms. The van der Waals surface area contributed by atoms with Crippen molar-refractivity contribution in [3.8, 4) is 5.69 Å². The van der Waals surface area contributed by atoms with E-state index in [-0.39, 0.29) is 5.91 Å². The molecule has 0 bridgehead atoms. The monoisotopic (exact) mass is 374 g/mol. The molecule has 0 unspecified atom stereocenters. The molecule has 3 N–H and O–H groups in total. The van der Waals surface area contributed by atoms with Gasteiger partial charge in [-0.3, -0.25) is 4.79 Å². The Labute approximate surface area is 155 Å². The summed E-state index contributed by atoms with van der Waals surface area (Å²) in [5.74, 6) is -0.135. The van der Waals surface area contributed by atoms with Crippen molar-refractivity contribution in [2.45, 2.75) is 12.8 Å². The predicted molar refractivity (Wildman–Crippen MR) is 101 cm³/mol. The number of nitrogen functional groups attached to an aromatic ring is 1. The van der Waals surface area contributed by atoms with Crippen LogP contribution in [0.4, 0.5) is 11.4 Å². The quantitative estimate of drug-likeness (QED) is 0.652.